The van der Waals surface area contributed by atoms with Gasteiger partial charge in [-0.05, 0) is 55.5 Å². The van der Waals surface area contributed by atoms with Gasteiger partial charge in [0.05, 0.1) is 6.10 Å². The van der Waals surface area contributed by atoms with E-state index in [0.717, 1.165) is 25.8 Å². The first kappa shape index (κ1) is 25.0. The maximum Gasteiger partial charge on any atom is 0.432 e. The zero-order chi connectivity index (χ0) is 25.5. The van der Waals surface area contributed by atoms with Gasteiger partial charge in [-0.1, -0.05) is 12.1 Å². The first-order valence-electron chi connectivity index (χ1n) is 10.6. The fourth-order valence-electron chi connectivity index (χ4n) is 3.94. The summed E-state index contributed by atoms with van der Waals surface area (Å²) in [5.74, 6) is -11.1. The first-order chi connectivity index (χ1) is 16.5. The van der Waals surface area contributed by atoms with E-state index in [9.17, 15) is 35.1 Å². The Bertz CT molecular complexity index is 1250. The molecule has 1 unspecified atom stereocenters. The van der Waals surface area contributed by atoms with Gasteiger partial charge in [0.1, 0.15) is 28.8 Å². The van der Waals surface area contributed by atoms with Crippen LogP contribution in [0.4, 0.5) is 35.1 Å². The highest BCUT2D eigenvalue weighted by molar-refractivity contribution is 5.65. The number of halogens is 8. The highest BCUT2D eigenvalue weighted by Crippen LogP contribution is 2.39. The maximum absolute atomic E-state index is 14.8. The standard InChI is InChI=1S/C25H18F8O2/c1-12-21(11-19(29)24(31)23(12)30)35-25(32,33)22-17(27)9-14(10-18(22)28)15-6-5-13(8-16(15)26)20-4-2-3-7-34-20/h5-6,8-11,20H,2-4,7H2,1H3. The molecule has 0 N–H and O–H groups in total. The van der Waals surface area contributed by atoms with Gasteiger partial charge in [-0.25, -0.2) is 26.3 Å². The van der Waals surface area contributed by atoms with Gasteiger partial charge in [0.15, 0.2) is 17.5 Å². The fraction of sp³-hybridized carbons (Fsp3) is 0.280. The molecule has 0 spiro atoms. The predicted octanol–water partition coefficient (Wildman–Crippen LogP) is 7.87. The fourth-order valence-corrected chi connectivity index (χ4v) is 3.94. The smallest absolute Gasteiger partial charge is 0.428 e. The van der Waals surface area contributed by atoms with Gasteiger partial charge in [-0.2, -0.15) is 8.78 Å². The van der Waals surface area contributed by atoms with Gasteiger partial charge in [0.25, 0.3) is 0 Å². The molecule has 35 heavy (non-hydrogen) atoms. The summed E-state index contributed by atoms with van der Waals surface area (Å²) in [4.78, 5) is 0. The van der Waals surface area contributed by atoms with Gasteiger partial charge in [-0.15, -0.1) is 0 Å². The molecule has 1 heterocycles. The lowest BCUT2D eigenvalue weighted by Gasteiger charge is -2.23. The van der Waals surface area contributed by atoms with Gasteiger partial charge in [-0.3, -0.25) is 0 Å². The second-order valence-corrected chi connectivity index (χ2v) is 8.14. The van der Waals surface area contributed by atoms with E-state index >= 15 is 0 Å². The third-order valence-corrected chi connectivity index (χ3v) is 5.79. The van der Waals surface area contributed by atoms with Crippen LogP contribution in [0.1, 0.15) is 42.1 Å². The van der Waals surface area contributed by atoms with Crippen LogP contribution in [0.3, 0.4) is 0 Å². The SMILES string of the molecule is Cc1c(OC(F)(F)c2c(F)cc(-c3ccc(C4CCCCO4)cc3F)cc2F)cc(F)c(F)c1F. The first-order valence-corrected chi connectivity index (χ1v) is 10.6. The van der Waals surface area contributed by atoms with Crippen molar-refractivity contribution in [3.63, 3.8) is 0 Å². The third kappa shape index (κ3) is 4.84. The van der Waals surface area contributed by atoms with Crippen LogP contribution in [-0.4, -0.2) is 6.61 Å². The molecule has 0 amide bonds. The number of hydrogen-bond acceptors (Lipinski definition) is 2. The quantitative estimate of drug-likeness (QED) is 0.261. The third-order valence-electron chi connectivity index (χ3n) is 5.79. The second-order valence-electron chi connectivity index (χ2n) is 8.14. The summed E-state index contributed by atoms with van der Waals surface area (Å²) in [6.45, 7) is 1.35. The Morgan fingerprint density at radius 3 is 2.11 bits per heavy atom. The Balaban J connectivity index is 1.66. The molecule has 10 heteroatoms. The van der Waals surface area contributed by atoms with E-state index in [1.165, 1.54) is 12.1 Å². The van der Waals surface area contributed by atoms with Crippen LogP contribution in [0.25, 0.3) is 11.1 Å². The normalized spacial score (nSPS) is 16.4. The molecule has 0 radical (unpaired) electrons. The molecular weight excluding hydrogens is 484 g/mol. The van der Waals surface area contributed by atoms with Gasteiger partial charge < -0.3 is 9.47 Å². The largest absolute Gasteiger partial charge is 0.432 e. The van der Waals surface area contributed by atoms with Gasteiger partial charge in [0, 0.05) is 23.8 Å². The topological polar surface area (TPSA) is 18.5 Å². The minimum Gasteiger partial charge on any atom is -0.428 e. The van der Waals surface area contributed by atoms with Gasteiger partial charge in [0.2, 0.25) is 0 Å². The van der Waals surface area contributed by atoms with E-state index in [1.807, 2.05) is 0 Å². The molecule has 1 fully saturated rings. The lowest BCUT2D eigenvalue weighted by molar-refractivity contribution is -0.190. The van der Waals surface area contributed by atoms with Crippen LogP contribution in [0.5, 0.6) is 5.75 Å². The summed E-state index contributed by atoms with van der Waals surface area (Å²) in [7, 11) is 0. The Morgan fingerprint density at radius 1 is 0.829 bits per heavy atom. The van der Waals surface area contributed by atoms with Crippen molar-refractivity contribution in [1.29, 1.82) is 0 Å². The van der Waals surface area contributed by atoms with Crippen molar-refractivity contribution >= 4 is 0 Å². The number of hydrogen-bond donors (Lipinski definition) is 0. The highest BCUT2D eigenvalue weighted by atomic mass is 19.3. The van der Waals surface area contributed by atoms with E-state index in [0.29, 0.717) is 30.7 Å². The van der Waals surface area contributed by atoms with Crippen molar-refractivity contribution in [2.75, 3.05) is 6.61 Å². The molecule has 2 nitrogen and oxygen atoms in total. The van der Waals surface area contributed by atoms with Gasteiger partial charge >= 0.3 is 6.11 Å². The van der Waals surface area contributed by atoms with Crippen LogP contribution in [0.2, 0.25) is 0 Å². The summed E-state index contributed by atoms with van der Waals surface area (Å²) >= 11 is 0. The maximum atomic E-state index is 14.8. The molecule has 0 aromatic heterocycles. The summed E-state index contributed by atoms with van der Waals surface area (Å²) in [5.41, 5.74) is -2.75. The predicted molar refractivity (Wildman–Crippen MR) is 110 cm³/mol. The van der Waals surface area contributed by atoms with Crippen LogP contribution < -0.4 is 4.74 Å². The Kier molecular flexibility index (Phi) is 6.77. The second kappa shape index (κ2) is 9.49. The zero-order valence-electron chi connectivity index (χ0n) is 18.2. The average molecular weight is 502 g/mol. The van der Waals surface area contributed by atoms with Crippen LogP contribution in [-0.2, 0) is 10.8 Å². The lowest BCUT2D eigenvalue weighted by Crippen LogP contribution is -2.26. The van der Waals surface area contributed by atoms with E-state index < -0.39 is 57.9 Å². The van der Waals surface area contributed by atoms with Crippen LogP contribution >= 0.6 is 0 Å². The summed E-state index contributed by atoms with van der Waals surface area (Å²) in [5, 5.41) is 0. The van der Waals surface area contributed by atoms with E-state index in [2.05, 4.69) is 4.74 Å². The molecular formula is C25H18F8O2. The van der Waals surface area contributed by atoms with Crippen molar-refractivity contribution in [3.05, 3.63) is 88.0 Å². The molecule has 0 saturated carbocycles. The average Bonchev–Trinajstić information content (AvgIpc) is 2.80. The molecule has 0 bridgehead atoms. The minimum absolute atomic E-state index is 0.138. The zero-order valence-corrected chi connectivity index (χ0v) is 18.2. The summed E-state index contributed by atoms with van der Waals surface area (Å²) in [6, 6.07) is 5.06. The molecule has 1 aliphatic heterocycles. The molecule has 1 saturated heterocycles. The van der Waals surface area contributed by atoms with Crippen LogP contribution in [0.15, 0.2) is 36.4 Å². The Morgan fingerprint density at radius 2 is 1.51 bits per heavy atom. The van der Waals surface area contributed by atoms with Crippen molar-refractivity contribution < 1.29 is 44.6 Å². The molecule has 1 aliphatic rings. The monoisotopic (exact) mass is 502 g/mol. The van der Waals surface area contributed by atoms with E-state index in [1.54, 1.807) is 0 Å². The molecule has 3 aromatic carbocycles. The van der Waals surface area contributed by atoms with Crippen molar-refractivity contribution in [1.82, 2.24) is 0 Å². The number of alkyl halides is 2. The summed E-state index contributed by atoms with van der Waals surface area (Å²) < 4.78 is 124. The lowest BCUT2D eigenvalue weighted by atomic mass is 9.96. The Hall–Kier alpha value is -3.14. The number of benzene rings is 3. The highest BCUT2D eigenvalue weighted by Gasteiger charge is 2.42. The molecule has 0 aliphatic carbocycles. The Labute approximate surface area is 195 Å². The number of rotatable bonds is 5. The van der Waals surface area contributed by atoms with Crippen molar-refractivity contribution in [2.24, 2.45) is 0 Å². The molecule has 186 valence electrons. The minimum atomic E-state index is -4.74. The number of ether oxygens (including phenoxy) is 2. The van der Waals surface area contributed by atoms with E-state index in [-0.39, 0.29) is 23.3 Å². The molecule has 4 rings (SSSR count). The van der Waals surface area contributed by atoms with Crippen molar-refractivity contribution in [3.8, 4) is 16.9 Å². The van der Waals surface area contributed by atoms with E-state index in [4.69, 9.17) is 4.74 Å². The van der Waals surface area contributed by atoms with Crippen LogP contribution in [0, 0.1) is 41.8 Å². The summed E-state index contributed by atoms with van der Waals surface area (Å²) in [6.07, 6.45) is -2.58. The van der Waals surface area contributed by atoms with Crippen molar-refractivity contribution in [2.45, 2.75) is 38.4 Å². The molecule has 1 atom stereocenters. The molecule has 3 aromatic rings.